The highest BCUT2D eigenvalue weighted by Gasteiger charge is 2.22. The number of aromatic nitrogens is 7. The Balaban J connectivity index is 1.33. The van der Waals surface area contributed by atoms with Gasteiger partial charge >= 0.3 is 0 Å². The topological polar surface area (TPSA) is 103 Å². The minimum absolute atomic E-state index is 0.672. The number of rotatable bonds is 3. The van der Waals surface area contributed by atoms with Gasteiger partial charge in [-0.25, -0.2) is 9.97 Å². The van der Waals surface area contributed by atoms with Crippen molar-refractivity contribution >= 4 is 22.8 Å². The van der Waals surface area contributed by atoms with Crippen LogP contribution in [0.2, 0.25) is 0 Å². The van der Waals surface area contributed by atoms with Crippen LogP contribution in [-0.4, -0.2) is 61.5 Å². The molecule has 26 heavy (non-hydrogen) atoms. The zero-order valence-corrected chi connectivity index (χ0v) is 14.0. The molecule has 0 amide bonds. The largest absolute Gasteiger partial charge is 0.337 e. The molecule has 1 aromatic carbocycles. The third-order valence-corrected chi connectivity index (χ3v) is 4.57. The van der Waals surface area contributed by atoms with Gasteiger partial charge in [0.05, 0.1) is 5.52 Å². The zero-order chi connectivity index (χ0) is 17.3. The summed E-state index contributed by atoms with van der Waals surface area (Å²) in [5.74, 6) is 2.14. The lowest BCUT2D eigenvalue weighted by molar-refractivity contribution is 0.629. The van der Waals surface area contributed by atoms with E-state index in [1.807, 2.05) is 30.3 Å². The molecule has 1 aliphatic heterocycles. The molecule has 0 bridgehead atoms. The number of nitrogens with zero attached hydrogens (tertiary/aromatic N) is 7. The summed E-state index contributed by atoms with van der Waals surface area (Å²) in [7, 11) is 0. The van der Waals surface area contributed by atoms with Crippen molar-refractivity contribution in [3.05, 3.63) is 42.7 Å². The smallest absolute Gasteiger partial charge is 0.245 e. The Morgan fingerprint density at radius 3 is 2.31 bits per heavy atom. The van der Waals surface area contributed by atoms with E-state index in [1.165, 1.54) is 0 Å². The van der Waals surface area contributed by atoms with Crippen LogP contribution in [0.1, 0.15) is 0 Å². The first kappa shape index (κ1) is 14.8. The van der Waals surface area contributed by atoms with Crippen LogP contribution < -0.4 is 9.80 Å². The van der Waals surface area contributed by atoms with Crippen LogP contribution in [0.25, 0.3) is 22.4 Å². The Morgan fingerprint density at radius 1 is 0.769 bits per heavy atom. The third kappa shape index (κ3) is 2.53. The lowest BCUT2D eigenvalue weighted by Gasteiger charge is -2.33. The highest BCUT2D eigenvalue weighted by Crippen LogP contribution is 2.24. The Bertz CT molecular complexity index is 1010. The molecular formula is C17H17N9. The fourth-order valence-electron chi connectivity index (χ4n) is 3.21. The first-order chi connectivity index (χ1) is 12.9. The summed E-state index contributed by atoms with van der Waals surface area (Å²) < 4.78 is 0. The van der Waals surface area contributed by atoms with Gasteiger partial charge in [0.25, 0.3) is 0 Å². The van der Waals surface area contributed by atoms with Crippen LogP contribution >= 0.6 is 0 Å². The fourth-order valence-corrected chi connectivity index (χ4v) is 3.21. The van der Waals surface area contributed by atoms with Gasteiger partial charge in [-0.2, -0.15) is 10.1 Å². The molecule has 9 nitrogen and oxygen atoms in total. The van der Waals surface area contributed by atoms with Crippen LogP contribution in [0.5, 0.6) is 0 Å². The van der Waals surface area contributed by atoms with Crippen molar-refractivity contribution < 1.29 is 0 Å². The van der Waals surface area contributed by atoms with Gasteiger partial charge in [0.15, 0.2) is 5.82 Å². The second-order valence-electron chi connectivity index (χ2n) is 6.12. The van der Waals surface area contributed by atoms with Crippen molar-refractivity contribution in [3.63, 3.8) is 0 Å². The molecule has 0 saturated carbocycles. The normalized spacial score (nSPS) is 14.9. The van der Waals surface area contributed by atoms with Gasteiger partial charge in [0, 0.05) is 44.0 Å². The number of para-hydroxylation sites is 1. The molecule has 1 saturated heterocycles. The van der Waals surface area contributed by atoms with Crippen molar-refractivity contribution in [2.75, 3.05) is 36.0 Å². The molecule has 5 rings (SSSR count). The van der Waals surface area contributed by atoms with E-state index >= 15 is 0 Å². The number of H-pyrrole nitrogens is 2. The molecule has 0 unspecified atom stereocenters. The number of benzene rings is 1. The first-order valence-corrected chi connectivity index (χ1v) is 8.51. The van der Waals surface area contributed by atoms with E-state index in [1.54, 1.807) is 12.4 Å². The molecule has 0 atom stereocenters. The molecule has 1 fully saturated rings. The van der Waals surface area contributed by atoms with Crippen LogP contribution in [0.3, 0.4) is 0 Å². The van der Waals surface area contributed by atoms with Crippen molar-refractivity contribution in [1.82, 2.24) is 35.3 Å². The van der Waals surface area contributed by atoms with Crippen LogP contribution in [0, 0.1) is 0 Å². The Morgan fingerprint density at radius 2 is 1.50 bits per heavy atom. The maximum Gasteiger partial charge on any atom is 0.245 e. The molecule has 0 radical (unpaired) electrons. The highest BCUT2D eigenvalue weighted by molar-refractivity contribution is 5.91. The number of anilines is 2. The average molecular weight is 347 g/mol. The van der Waals surface area contributed by atoms with Gasteiger partial charge in [0.1, 0.15) is 5.69 Å². The Kier molecular flexibility index (Phi) is 3.48. The number of fused-ring (bicyclic) bond motifs is 1. The van der Waals surface area contributed by atoms with E-state index in [2.05, 4.69) is 45.1 Å². The predicted octanol–water partition coefficient (Wildman–Crippen LogP) is 1.46. The van der Waals surface area contributed by atoms with Gasteiger partial charge in [0.2, 0.25) is 11.9 Å². The summed E-state index contributed by atoms with van der Waals surface area (Å²) in [6, 6.07) is 9.81. The van der Waals surface area contributed by atoms with Crippen molar-refractivity contribution in [2.45, 2.75) is 0 Å². The standard InChI is InChI=1S/C17H17N9/c1-2-5-13-12(4-1)14(22-21-13)15-20-17(24-23-15)26-10-8-25(9-11-26)16-18-6-3-7-19-16/h1-7H,8-11H2,(H,21,22)(H,20,23,24). The lowest BCUT2D eigenvalue weighted by Crippen LogP contribution is -2.47. The van der Waals surface area contributed by atoms with Crippen LogP contribution in [0.4, 0.5) is 11.9 Å². The summed E-state index contributed by atoms with van der Waals surface area (Å²) in [6.45, 7) is 3.30. The minimum Gasteiger partial charge on any atom is -0.337 e. The minimum atomic E-state index is 0.672. The van der Waals surface area contributed by atoms with E-state index < -0.39 is 0 Å². The molecule has 4 aromatic rings. The van der Waals surface area contributed by atoms with Gasteiger partial charge in [-0.1, -0.05) is 18.2 Å². The van der Waals surface area contributed by atoms with E-state index in [0.717, 1.165) is 48.7 Å². The second-order valence-corrected chi connectivity index (χ2v) is 6.12. The number of piperazine rings is 1. The van der Waals surface area contributed by atoms with E-state index in [0.29, 0.717) is 11.8 Å². The zero-order valence-electron chi connectivity index (χ0n) is 14.0. The van der Waals surface area contributed by atoms with Gasteiger partial charge in [-0.3, -0.25) is 10.2 Å². The quantitative estimate of drug-likeness (QED) is 0.578. The molecule has 9 heteroatoms. The summed E-state index contributed by atoms with van der Waals surface area (Å²) >= 11 is 0. The highest BCUT2D eigenvalue weighted by atomic mass is 15.4. The van der Waals surface area contributed by atoms with Crippen molar-refractivity contribution in [2.24, 2.45) is 0 Å². The van der Waals surface area contributed by atoms with Gasteiger partial charge < -0.3 is 9.80 Å². The van der Waals surface area contributed by atoms with E-state index in [4.69, 9.17) is 0 Å². The van der Waals surface area contributed by atoms with E-state index in [-0.39, 0.29) is 0 Å². The molecule has 3 aromatic heterocycles. The van der Waals surface area contributed by atoms with Gasteiger partial charge in [-0.05, 0) is 12.1 Å². The number of nitrogens with one attached hydrogen (secondary N) is 2. The predicted molar refractivity (Wildman–Crippen MR) is 97.9 cm³/mol. The van der Waals surface area contributed by atoms with Crippen LogP contribution in [0.15, 0.2) is 42.7 Å². The van der Waals surface area contributed by atoms with Gasteiger partial charge in [-0.15, -0.1) is 5.10 Å². The molecule has 0 aliphatic carbocycles. The van der Waals surface area contributed by atoms with Crippen molar-refractivity contribution in [3.8, 4) is 11.5 Å². The van der Waals surface area contributed by atoms with E-state index in [9.17, 15) is 0 Å². The third-order valence-electron chi connectivity index (χ3n) is 4.57. The molecule has 2 N–H and O–H groups in total. The summed E-state index contributed by atoms with van der Waals surface area (Å²) in [5, 5.41) is 15.8. The number of hydrogen-bond acceptors (Lipinski definition) is 7. The average Bonchev–Trinajstić information content (AvgIpc) is 3.36. The SMILES string of the molecule is c1cnc(N2CCN(c3n[nH]c(-c4n[nH]c5ccccc45)n3)CC2)nc1. The molecule has 1 aliphatic rings. The fraction of sp³-hybridized carbons (Fsp3) is 0.235. The maximum absolute atomic E-state index is 4.65. The molecule has 4 heterocycles. The Hall–Kier alpha value is -3.49. The van der Waals surface area contributed by atoms with Crippen molar-refractivity contribution in [1.29, 1.82) is 0 Å². The van der Waals surface area contributed by atoms with Crippen LogP contribution in [-0.2, 0) is 0 Å². The summed E-state index contributed by atoms with van der Waals surface area (Å²) in [5.41, 5.74) is 1.77. The second kappa shape index (κ2) is 6.10. The molecule has 0 spiro atoms. The summed E-state index contributed by atoms with van der Waals surface area (Å²) in [4.78, 5) is 17.6. The lowest BCUT2D eigenvalue weighted by atomic mass is 10.2. The number of aromatic amines is 2. The molecule has 130 valence electrons. The Labute approximate surface area is 149 Å². The first-order valence-electron chi connectivity index (χ1n) is 8.51. The monoisotopic (exact) mass is 347 g/mol. The maximum atomic E-state index is 4.65. The summed E-state index contributed by atoms with van der Waals surface area (Å²) in [6.07, 6.45) is 3.54. The molecular weight excluding hydrogens is 330 g/mol. The number of hydrogen-bond donors (Lipinski definition) is 2.